The number of nitrogens with one attached hydrogen (secondary N) is 2. The van der Waals surface area contributed by atoms with Crippen LogP contribution < -0.4 is 10.6 Å². The highest BCUT2D eigenvalue weighted by Gasteiger charge is 1.99. The largest absolute Gasteiger partial charge is 0.337 e. The third-order valence-electron chi connectivity index (χ3n) is 1.53. The van der Waals surface area contributed by atoms with E-state index in [1.165, 1.54) is 0 Å². The number of nitrogens with zero attached hydrogens (tertiary/aromatic N) is 1. The van der Waals surface area contributed by atoms with Crippen molar-refractivity contribution < 1.29 is 4.79 Å². The van der Waals surface area contributed by atoms with E-state index in [0.29, 0.717) is 19.5 Å². The van der Waals surface area contributed by atoms with Crippen LogP contribution in [0.3, 0.4) is 0 Å². The molecule has 0 radical (unpaired) electrons. The van der Waals surface area contributed by atoms with Gasteiger partial charge in [-0.25, -0.2) is 4.79 Å². The molecule has 0 aliphatic rings. The SMILES string of the molecule is N#CCCNC(=O)NCc1cccs1. The van der Waals surface area contributed by atoms with Crippen molar-refractivity contribution in [2.75, 3.05) is 6.54 Å². The van der Waals surface area contributed by atoms with Crippen molar-refractivity contribution in [3.8, 4) is 6.07 Å². The Morgan fingerprint density at radius 2 is 2.43 bits per heavy atom. The summed E-state index contributed by atoms with van der Waals surface area (Å²) in [5.74, 6) is 0. The lowest BCUT2D eigenvalue weighted by molar-refractivity contribution is 0.241. The van der Waals surface area contributed by atoms with Gasteiger partial charge in [0.15, 0.2) is 0 Å². The van der Waals surface area contributed by atoms with Crippen LogP contribution in [0.2, 0.25) is 0 Å². The summed E-state index contributed by atoms with van der Waals surface area (Å²) < 4.78 is 0. The van der Waals surface area contributed by atoms with E-state index >= 15 is 0 Å². The number of carbonyl (C=O) groups excluding carboxylic acids is 1. The second-order valence-corrected chi connectivity index (χ2v) is 3.63. The number of hydrogen-bond acceptors (Lipinski definition) is 3. The molecule has 2 amide bonds. The predicted molar refractivity (Wildman–Crippen MR) is 54.8 cm³/mol. The molecule has 0 unspecified atom stereocenters. The smallest absolute Gasteiger partial charge is 0.315 e. The van der Waals surface area contributed by atoms with Gasteiger partial charge in [0.25, 0.3) is 0 Å². The van der Waals surface area contributed by atoms with E-state index in [1.54, 1.807) is 11.3 Å². The number of hydrogen-bond donors (Lipinski definition) is 2. The zero-order chi connectivity index (χ0) is 10.2. The number of rotatable bonds is 4. The van der Waals surface area contributed by atoms with E-state index in [1.807, 2.05) is 23.6 Å². The van der Waals surface area contributed by atoms with E-state index in [9.17, 15) is 4.79 Å². The Labute approximate surface area is 86.6 Å². The Bertz CT molecular complexity index is 315. The maximum Gasteiger partial charge on any atom is 0.315 e. The molecule has 1 heterocycles. The molecule has 0 fully saturated rings. The molecule has 1 rings (SSSR count). The molecular formula is C9H11N3OS. The van der Waals surface area contributed by atoms with Crippen molar-refractivity contribution in [1.82, 2.24) is 10.6 Å². The topological polar surface area (TPSA) is 64.9 Å². The highest BCUT2D eigenvalue weighted by Crippen LogP contribution is 2.06. The van der Waals surface area contributed by atoms with E-state index in [2.05, 4.69) is 10.6 Å². The molecule has 2 N–H and O–H groups in total. The zero-order valence-electron chi connectivity index (χ0n) is 7.62. The second kappa shape index (κ2) is 6.00. The van der Waals surface area contributed by atoms with Crippen molar-refractivity contribution >= 4 is 17.4 Å². The second-order valence-electron chi connectivity index (χ2n) is 2.60. The predicted octanol–water partition coefficient (Wildman–Crippen LogP) is 1.46. The number of thiophene rings is 1. The van der Waals surface area contributed by atoms with Crippen LogP contribution >= 0.6 is 11.3 Å². The first-order chi connectivity index (χ1) is 6.83. The van der Waals surface area contributed by atoms with Crippen LogP contribution in [0, 0.1) is 11.3 Å². The molecule has 0 saturated heterocycles. The van der Waals surface area contributed by atoms with Crippen molar-refractivity contribution in [2.45, 2.75) is 13.0 Å². The summed E-state index contributed by atoms with van der Waals surface area (Å²) in [4.78, 5) is 12.2. The highest BCUT2D eigenvalue weighted by atomic mass is 32.1. The van der Waals surface area contributed by atoms with Gasteiger partial charge in [0.05, 0.1) is 19.0 Å². The maximum atomic E-state index is 11.1. The molecule has 0 aliphatic carbocycles. The minimum absolute atomic E-state index is 0.228. The van der Waals surface area contributed by atoms with Crippen LogP contribution in [-0.4, -0.2) is 12.6 Å². The summed E-state index contributed by atoms with van der Waals surface area (Å²) in [6, 6.07) is 5.62. The van der Waals surface area contributed by atoms with Gasteiger partial charge < -0.3 is 10.6 Å². The van der Waals surface area contributed by atoms with Crippen molar-refractivity contribution in [2.24, 2.45) is 0 Å². The summed E-state index contributed by atoms with van der Waals surface area (Å²) >= 11 is 1.60. The Morgan fingerprint density at radius 3 is 3.07 bits per heavy atom. The van der Waals surface area contributed by atoms with Gasteiger partial charge in [0.1, 0.15) is 0 Å². The monoisotopic (exact) mass is 209 g/mol. The Kier molecular flexibility index (Phi) is 4.51. The van der Waals surface area contributed by atoms with Crippen LogP contribution in [0.1, 0.15) is 11.3 Å². The fraction of sp³-hybridized carbons (Fsp3) is 0.333. The average molecular weight is 209 g/mol. The van der Waals surface area contributed by atoms with Gasteiger partial charge >= 0.3 is 6.03 Å². The molecule has 5 heteroatoms. The molecule has 0 atom stereocenters. The normalized spacial score (nSPS) is 9.07. The number of carbonyl (C=O) groups is 1. The summed E-state index contributed by atoms with van der Waals surface area (Å²) in [7, 11) is 0. The Balaban J connectivity index is 2.13. The van der Waals surface area contributed by atoms with Gasteiger partial charge in [0.2, 0.25) is 0 Å². The molecule has 0 spiro atoms. The van der Waals surface area contributed by atoms with E-state index in [-0.39, 0.29) is 6.03 Å². The fourth-order valence-corrected chi connectivity index (χ4v) is 1.52. The number of amides is 2. The molecule has 0 bridgehead atoms. The summed E-state index contributed by atoms with van der Waals surface area (Å²) in [6.07, 6.45) is 0.340. The van der Waals surface area contributed by atoms with Crippen LogP contribution in [0.25, 0.3) is 0 Å². The van der Waals surface area contributed by atoms with Gasteiger partial charge in [0, 0.05) is 11.4 Å². The molecule has 74 valence electrons. The lowest BCUT2D eigenvalue weighted by Gasteiger charge is -2.03. The van der Waals surface area contributed by atoms with Crippen molar-refractivity contribution in [3.63, 3.8) is 0 Å². The van der Waals surface area contributed by atoms with Crippen LogP contribution in [0.15, 0.2) is 17.5 Å². The van der Waals surface area contributed by atoms with E-state index < -0.39 is 0 Å². The summed E-state index contributed by atoms with van der Waals surface area (Å²) in [5.41, 5.74) is 0. The standard InChI is InChI=1S/C9H11N3OS/c10-4-2-5-11-9(13)12-7-8-3-1-6-14-8/h1,3,6H,2,5,7H2,(H2,11,12,13). The van der Waals surface area contributed by atoms with E-state index in [4.69, 9.17) is 5.26 Å². The molecule has 0 saturated carbocycles. The van der Waals surface area contributed by atoms with Crippen LogP contribution in [0.5, 0.6) is 0 Å². The maximum absolute atomic E-state index is 11.1. The lowest BCUT2D eigenvalue weighted by Crippen LogP contribution is -2.35. The van der Waals surface area contributed by atoms with Crippen LogP contribution in [0.4, 0.5) is 4.79 Å². The van der Waals surface area contributed by atoms with Crippen LogP contribution in [-0.2, 0) is 6.54 Å². The molecule has 0 aromatic carbocycles. The summed E-state index contributed by atoms with van der Waals surface area (Å²) in [5, 5.41) is 15.5. The fourth-order valence-electron chi connectivity index (χ4n) is 0.875. The Morgan fingerprint density at radius 1 is 1.57 bits per heavy atom. The number of nitriles is 1. The third kappa shape index (κ3) is 3.92. The van der Waals surface area contributed by atoms with Crippen molar-refractivity contribution in [3.05, 3.63) is 22.4 Å². The third-order valence-corrected chi connectivity index (χ3v) is 2.40. The molecule has 4 nitrogen and oxygen atoms in total. The first kappa shape index (κ1) is 10.5. The van der Waals surface area contributed by atoms with Gasteiger partial charge in [-0.3, -0.25) is 0 Å². The quantitative estimate of drug-likeness (QED) is 0.737. The lowest BCUT2D eigenvalue weighted by atomic mass is 10.4. The molecule has 1 aromatic heterocycles. The molecule has 1 aromatic rings. The average Bonchev–Trinajstić information content (AvgIpc) is 2.68. The van der Waals surface area contributed by atoms with Gasteiger partial charge in [-0.05, 0) is 11.4 Å². The zero-order valence-corrected chi connectivity index (χ0v) is 8.43. The molecule has 14 heavy (non-hydrogen) atoms. The van der Waals surface area contributed by atoms with E-state index in [0.717, 1.165) is 4.88 Å². The van der Waals surface area contributed by atoms with Gasteiger partial charge in [-0.2, -0.15) is 5.26 Å². The number of urea groups is 1. The highest BCUT2D eigenvalue weighted by molar-refractivity contribution is 7.09. The summed E-state index contributed by atoms with van der Waals surface area (Å²) in [6.45, 7) is 0.933. The first-order valence-corrected chi connectivity index (χ1v) is 5.12. The minimum atomic E-state index is -0.228. The molecular weight excluding hydrogens is 198 g/mol. The molecule has 0 aliphatic heterocycles. The minimum Gasteiger partial charge on any atom is -0.337 e. The van der Waals surface area contributed by atoms with Gasteiger partial charge in [-0.15, -0.1) is 11.3 Å². The van der Waals surface area contributed by atoms with Crippen molar-refractivity contribution in [1.29, 1.82) is 5.26 Å². The van der Waals surface area contributed by atoms with Gasteiger partial charge in [-0.1, -0.05) is 6.07 Å². The Hall–Kier alpha value is -1.54. The first-order valence-electron chi connectivity index (χ1n) is 4.24.